The number of benzene rings is 1. The highest BCUT2D eigenvalue weighted by atomic mass is 79.9. The minimum atomic E-state index is -0.103. The third-order valence-corrected chi connectivity index (χ3v) is 3.43. The maximum Gasteiger partial charge on any atom is 0.126 e. The summed E-state index contributed by atoms with van der Waals surface area (Å²) in [5, 5.41) is 3.43. The summed E-state index contributed by atoms with van der Waals surface area (Å²) in [6, 6.07) is 5.79. The Morgan fingerprint density at radius 3 is 2.87 bits per heavy atom. The van der Waals surface area contributed by atoms with Crippen molar-refractivity contribution >= 4 is 15.9 Å². The normalized spacial score (nSPS) is 16.4. The van der Waals surface area contributed by atoms with Gasteiger partial charge in [-0.15, -0.1) is 0 Å². The molecule has 0 heterocycles. The van der Waals surface area contributed by atoms with E-state index in [0.29, 0.717) is 6.04 Å². The van der Waals surface area contributed by atoms with Gasteiger partial charge in [0.05, 0.1) is 0 Å². The van der Waals surface area contributed by atoms with Crippen LogP contribution >= 0.6 is 15.9 Å². The van der Waals surface area contributed by atoms with E-state index in [1.807, 2.05) is 6.07 Å². The van der Waals surface area contributed by atoms with Gasteiger partial charge in [0.15, 0.2) is 0 Å². The van der Waals surface area contributed by atoms with Crippen molar-refractivity contribution in [3.05, 3.63) is 34.1 Å². The van der Waals surface area contributed by atoms with Crippen molar-refractivity contribution in [1.82, 2.24) is 5.32 Å². The molecule has 0 atom stereocenters. The van der Waals surface area contributed by atoms with Gasteiger partial charge in [0.2, 0.25) is 0 Å². The van der Waals surface area contributed by atoms with E-state index in [9.17, 15) is 4.39 Å². The fourth-order valence-corrected chi connectivity index (χ4v) is 2.17. The summed E-state index contributed by atoms with van der Waals surface area (Å²) in [7, 11) is 0. The zero-order chi connectivity index (χ0) is 10.7. The van der Waals surface area contributed by atoms with Crippen LogP contribution in [0.4, 0.5) is 4.39 Å². The molecule has 1 aromatic rings. The van der Waals surface area contributed by atoms with Crippen molar-refractivity contribution in [3.63, 3.8) is 0 Å². The average molecular weight is 272 g/mol. The van der Waals surface area contributed by atoms with Gasteiger partial charge in [-0.05, 0) is 49.6 Å². The van der Waals surface area contributed by atoms with Gasteiger partial charge in [-0.2, -0.15) is 0 Å². The van der Waals surface area contributed by atoms with Gasteiger partial charge in [-0.3, -0.25) is 0 Å². The van der Waals surface area contributed by atoms with Crippen LogP contribution in [0, 0.1) is 5.82 Å². The Labute approximate surface area is 98.2 Å². The van der Waals surface area contributed by atoms with Crippen molar-refractivity contribution in [2.24, 2.45) is 0 Å². The largest absolute Gasteiger partial charge is 0.314 e. The van der Waals surface area contributed by atoms with Gasteiger partial charge in [0.1, 0.15) is 5.82 Å². The number of hydrogen-bond donors (Lipinski definition) is 1. The predicted molar refractivity (Wildman–Crippen MR) is 63.4 cm³/mol. The highest BCUT2D eigenvalue weighted by Crippen LogP contribution is 2.19. The molecule has 1 fully saturated rings. The molecule has 0 amide bonds. The first-order valence-electron chi connectivity index (χ1n) is 5.43. The molecule has 1 aliphatic rings. The molecule has 0 unspecified atom stereocenters. The van der Waals surface area contributed by atoms with E-state index in [4.69, 9.17) is 0 Å². The molecular formula is C12H15BrFN. The Morgan fingerprint density at radius 1 is 1.40 bits per heavy atom. The van der Waals surface area contributed by atoms with Crippen LogP contribution in [0.3, 0.4) is 0 Å². The molecule has 0 spiro atoms. The van der Waals surface area contributed by atoms with Crippen LogP contribution in [-0.2, 0) is 6.42 Å². The summed E-state index contributed by atoms with van der Waals surface area (Å²) in [4.78, 5) is 0. The first-order chi connectivity index (χ1) is 7.25. The zero-order valence-electron chi connectivity index (χ0n) is 8.60. The van der Waals surface area contributed by atoms with E-state index < -0.39 is 0 Å². The maximum atomic E-state index is 13.3. The predicted octanol–water partition coefficient (Wildman–Crippen LogP) is 3.27. The Balaban J connectivity index is 1.83. The zero-order valence-corrected chi connectivity index (χ0v) is 10.2. The van der Waals surface area contributed by atoms with Gasteiger partial charge in [0.25, 0.3) is 0 Å². The summed E-state index contributed by atoms with van der Waals surface area (Å²) in [5.74, 6) is -0.103. The fraction of sp³-hybridized carbons (Fsp3) is 0.500. The molecule has 1 N–H and O–H groups in total. The molecule has 1 aromatic carbocycles. The van der Waals surface area contributed by atoms with Crippen LogP contribution in [0.15, 0.2) is 22.7 Å². The van der Waals surface area contributed by atoms with Gasteiger partial charge in [-0.1, -0.05) is 22.4 Å². The molecule has 15 heavy (non-hydrogen) atoms. The third-order valence-electron chi connectivity index (χ3n) is 2.94. The van der Waals surface area contributed by atoms with Gasteiger partial charge < -0.3 is 5.32 Å². The first kappa shape index (κ1) is 11.1. The van der Waals surface area contributed by atoms with Gasteiger partial charge >= 0.3 is 0 Å². The van der Waals surface area contributed by atoms with E-state index in [1.165, 1.54) is 25.3 Å². The van der Waals surface area contributed by atoms with E-state index in [0.717, 1.165) is 23.0 Å². The molecular weight excluding hydrogens is 257 g/mol. The topological polar surface area (TPSA) is 12.0 Å². The maximum absolute atomic E-state index is 13.3. The molecule has 1 nitrogen and oxygen atoms in total. The summed E-state index contributed by atoms with van der Waals surface area (Å²) >= 11 is 3.35. The molecule has 0 saturated heterocycles. The minimum absolute atomic E-state index is 0.103. The van der Waals surface area contributed by atoms with Crippen molar-refractivity contribution in [2.75, 3.05) is 6.54 Å². The second-order valence-corrected chi connectivity index (χ2v) is 4.98. The lowest BCUT2D eigenvalue weighted by Crippen LogP contribution is -2.36. The van der Waals surface area contributed by atoms with Crippen LogP contribution in [0.1, 0.15) is 24.8 Å². The highest BCUT2D eigenvalue weighted by Gasteiger charge is 2.15. The molecule has 1 aliphatic carbocycles. The first-order valence-corrected chi connectivity index (χ1v) is 6.22. The van der Waals surface area contributed by atoms with Crippen LogP contribution in [0.25, 0.3) is 0 Å². The molecule has 0 bridgehead atoms. The smallest absolute Gasteiger partial charge is 0.126 e. The lowest BCUT2D eigenvalue weighted by Gasteiger charge is -2.26. The summed E-state index contributed by atoms with van der Waals surface area (Å²) in [5.41, 5.74) is 0.788. The quantitative estimate of drug-likeness (QED) is 0.887. The SMILES string of the molecule is Fc1ccc(Br)cc1CCNC1CCC1. The van der Waals surface area contributed by atoms with E-state index in [2.05, 4.69) is 21.2 Å². The van der Waals surface area contributed by atoms with E-state index in [1.54, 1.807) is 6.07 Å². The molecule has 0 radical (unpaired) electrons. The highest BCUT2D eigenvalue weighted by molar-refractivity contribution is 9.10. The molecule has 0 aromatic heterocycles. The van der Waals surface area contributed by atoms with Crippen molar-refractivity contribution in [2.45, 2.75) is 31.7 Å². The molecule has 1 saturated carbocycles. The van der Waals surface area contributed by atoms with E-state index in [-0.39, 0.29) is 5.82 Å². The average Bonchev–Trinajstić information content (AvgIpc) is 2.15. The second-order valence-electron chi connectivity index (χ2n) is 4.07. The van der Waals surface area contributed by atoms with Gasteiger partial charge in [-0.25, -0.2) is 4.39 Å². The molecule has 3 heteroatoms. The second kappa shape index (κ2) is 5.08. The number of nitrogens with one attached hydrogen (secondary N) is 1. The third kappa shape index (κ3) is 3.02. The van der Waals surface area contributed by atoms with Crippen LogP contribution < -0.4 is 5.32 Å². The number of hydrogen-bond acceptors (Lipinski definition) is 1. The van der Waals surface area contributed by atoms with Crippen LogP contribution in [0.2, 0.25) is 0 Å². The summed E-state index contributed by atoms with van der Waals surface area (Å²) in [6.45, 7) is 0.873. The summed E-state index contributed by atoms with van der Waals surface area (Å²) < 4.78 is 14.3. The lowest BCUT2D eigenvalue weighted by atomic mass is 9.93. The Morgan fingerprint density at radius 2 is 2.20 bits per heavy atom. The Hall–Kier alpha value is -0.410. The number of rotatable bonds is 4. The minimum Gasteiger partial charge on any atom is -0.314 e. The summed E-state index contributed by atoms with van der Waals surface area (Å²) in [6.07, 6.45) is 4.66. The molecule has 0 aliphatic heterocycles. The molecule has 2 rings (SSSR count). The molecule has 82 valence electrons. The monoisotopic (exact) mass is 271 g/mol. The van der Waals surface area contributed by atoms with Crippen LogP contribution in [-0.4, -0.2) is 12.6 Å². The van der Waals surface area contributed by atoms with Crippen molar-refractivity contribution in [3.8, 4) is 0 Å². The lowest BCUT2D eigenvalue weighted by molar-refractivity contribution is 0.341. The van der Waals surface area contributed by atoms with Gasteiger partial charge in [0, 0.05) is 10.5 Å². The van der Waals surface area contributed by atoms with E-state index >= 15 is 0 Å². The van der Waals surface area contributed by atoms with Crippen LogP contribution in [0.5, 0.6) is 0 Å². The Bertz CT molecular complexity index is 336. The fourth-order valence-electron chi connectivity index (χ4n) is 1.76. The van der Waals surface area contributed by atoms with Crippen molar-refractivity contribution in [1.29, 1.82) is 0 Å². The number of halogens is 2. The van der Waals surface area contributed by atoms with Crippen molar-refractivity contribution < 1.29 is 4.39 Å². The Kier molecular flexibility index (Phi) is 3.76. The standard InChI is InChI=1S/C12H15BrFN/c13-10-4-5-12(14)9(8-10)6-7-15-11-2-1-3-11/h4-5,8,11,15H,1-3,6-7H2.